The molecule has 0 unspecified atom stereocenters. The Bertz CT molecular complexity index is 578. The molecule has 0 saturated carbocycles. The fourth-order valence-corrected chi connectivity index (χ4v) is 2.48. The molecule has 8 heteroatoms. The van der Waals surface area contributed by atoms with Crippen molar-refractivity contribution in [3.05, 3.63) is 40.5 Å². The van der Waals surface area contributed by atoms with Crippen LogP contribution in [-0.2, 0) is 14.2 Å². The van der Waals surface area contributed by atoms with Crippen molar-refractivity contribution in [3.8, 4) is 0 Å². The first kappa shape index (κ1) is 20.0. The molecule has 0 spiro atoms. The van der Waals surface area contributed by atoms with Crippen LogP contribution in [0.1, 0.15) is 0 Å². The van der Waals surface area contributed by atoms with Gasteiger partial charge in [0.05, 0.1) is 36.5 Å². The number of ether oxygens (including phenoxy) is 3. The van der Waals surface area contributed by atoms with Crippen molar-refractivity contribution >= 4 is 34.8 Å². The summed E-state index contributed by atoms with van der Waals surface area (Å²) in [6.45, 7) is 5.87. The number of nitrogens with zero attached hydrogens (tertiary/aromatic N) is 1. The van der Waals surface area contributed by atoms with Crippen molar-refractivity contribution in [3.63, 3.8) is 0 Å². The lowest BCUT2D eigenvalue weighted by Crippen LogP contribution is -2.38. The summed E-state index contributed by atoms with van der Waals surface area (Å²) in [5.74, 6) is 0.0596. The van der Waals surface area contributed by atoms with Gasteiger partial charge in [0, 0.05) is 37.6 Å². The lowest BCUT2D eigenvalue weighted by atomic mass is 10.3. The van der Waals surface area contributed by atoms with E-state index in [1.165, 1.54) is 6.08 Å². The molecule has 6 nitrogen and oxygen atoms in total. The normalized spacial score (nSPS) is 15.4. The zero-order valence-electron chi connectivity index (χ0n) is 14.0. The monoisotopic (exact) mass is 387 g/mol. The summed E-state index contributed by atoms with van der Waals surface area (Å²) >= 11 is 11.8. The molecule has 2 rings (SSSR count). The first-order valence-electron chi connectivity index (χ1n) is 8.12. The van der Waals surface area contributed by atoms with E-state index >= 15 is 0 Å². The third kappa shape index (κ3) is 8.07. The minimum atomic E-state index is 0.0596. The smallest absolute Gasteiger partial charge is 0.207 e. The molecule has 1 aromatic rings. The SMILES string of the molecule is N=C(/C=C\Nc1ccc(Cl)c(Cl)c1)OCCOCCN1CCOCC1. The van der Waals surface area contributed by atoms with E-state index in [9.17, 15) is 0 Å². The van der Waals surface area contributed by atoms with Crippen molar-refractivity contribution in [2.45, 2.75) is 0 Å². The summed E-state index contributed by atoms with van der Waals surface area (Å²) in [4.78, 5) is 2.31. The van der Waals surface area contributed by atoms with Crippen molar-refractivity contribution in [2.24, 2.45) is 0 Å². The molecule has 0 amide bonds. The lowest BCUT2D eigenvalue weighted by molar-refractivity contribution is 0.0165. The molecule has 1 aromatic carbocycles. The topological polar surface area (TPSA) is 66.8 Å². The lowest BCUT2D eigenvalue weighted by Gasteiger charge is -2.26. The Labute approximate surface area is 158 Å². The van der Waals surface area contributed by atoms with Crippen LogP contribution in [0.2, 0.25) is 10.0 Å². The molecule has 1 fully saturated rings. The van der Waals surface area contributed by atoms with Gasteiger partial charge in [-0.2, -0.15) is 0 Å². The molecule has 138 valence electrons. The zero-order valence-corrected chi connectivity index (χ0v) is 15.5. The fourth-order valence-electron chi connectivity index (χ4n) is 2.18. The second-order valence-electron chi connectivity index (χ2n) is 5.39. The first-order valence-corrected chi connectivity index (χ1v) is 8.88. The number of morpholine rings is 1. The molecule has 25 heavy (non-hydrogen) atoms. The highest BCUT2D eigenvalue weighted by molar-refractivity contribution is 6.42. The van der Waals surface area contributed by atoms with E-state index in [0.29, 0.717) is 29.9 Å². The highest BCUT2D eigenvalue weighted by Gasteiger charge is 2.09. The predicted octanol–water partition coefficient (Wildman–Crippen LogP) is 3.26. The van der Waals surface area contributed by atoms with Gasteiger partial charge in [-0.1, -0.05) is 23.2 Å². The Kier molecular flexibility index (Phi) is 9.07. The maximum absolute atomic E-state index is 7.70. The van der Waals surface area contributed by atoms with Crippen LogP contribution in [-0.4, -0.2) is 63.5 Å². The molecule has 0 bridgehead atoms. The van der Waals surface area contributed by atoms with Crippen LogP contribution in [0.15, 0.2) is 30.5 Å². The third-order valence-electron chi connectivity index (χ3n) is 3.55. The molecule has 0 aromatic heterocycles. The van der Waals surface area contributed by atoms with Crippen LogP contribution >= 0.6 is 23.2 Å². The molecule has 1 aliphatic heterocycles. The molecule has 1 saturated heterocycles. The second kappa shape index (κ2) is 11.3. The van der Waals surface area contributed by atoms with Crippen LogP contribution in [0.5, 0.6) is 0 Å². The largest absolute Gasteiger partial charge is 0.476 e. The predicted molar refractivity (Wildman–Crippen MR) is 101 cm³/mol. The average molecular weight is 388 g/mol. The van der Waals surface area contributed by atoms with E-state index in [4.69, 9.17) is 42.8 Å². The Morgan fingerprint density at radius 2 is 2.00 bits per heavy atom. The average Bonchev–Trinajstić information content (AvgIpc) is 2.62. The van der Waals surface area contributed by atoms with Crippen LogP contribution < -0.4 is 5.32 Å². The van der Waals surface area contributed by atoms with Crippen LogP contribution in [0.3, 0.4) is 0 Å². The Hall–Kier alpha value is -1.31. The van der Waals surface area contributed by atoms with Gasteiger partial charge in [-0.3, -0.25) is 10.3 Å². The van der Waals surface area contributed by atoms with Crippen molar-refractivity contribution < 1.29 is 14.2 Å². The molecule has 0 aliphatic carbocycles. The zero-order chi connectivity index (χ0) is 17.9. The van der Waals surface area contributed by atoms with E-state index in [1.54, 1.807) is 24.4 Å². The molecular weight excluding hydrogens is 365 g/mol. The highest BCUT2D eigenvalue weighted by Crippen LogP contribution is 2.24. The molecule has 0 atom stereocenters. The maximum atomic E-state index is 7.70. The number of nitrogens with one attached hydrogen (secondary N) is 2. The minimum absolute atomic E-state index is 0.0596. The summed E-state index contributed by atoms with van der Waals surface area (Å²) in [6, 6.07) is 5.21. The van der Waals surface area contributed by atoms with Crippen molar-refractivity contribution in [1.29, 1.82) is 5.41 Å². The van der Waals surface area contributed by atoms with Crippen LogP contribution in [0.4, 0.5) is 5.69 Å². The van der Waals surface area contributed by atoms with Gasteiger partial charge < -0.3 is 19.5 Å². The van der Waals surface area contributed by atoms with E-state index in [0.717, 1.165) is 38.5 Å². The molecular formula is C17H23Cl2N3O3. The van der Waals surface area contributed by atoms with E-state index < -0.39 is 0 Å². The summed E-state index contributed by atoms with van der Waals surface area (Å²) in [5, 5.41) is 11.7. The van der Waals surface area contributed by atoms with Gasteiger partial charge in [0.15, 0.2) is 0 Å². The molecule has 0 radical (unpaired) electrons. The van der Waals surface area contributed by atoms with E-state index in [2.05, 4.69) is 10.2 Å². The molecule has 1 heterocycles. The Morgan fingerprint density at radius 3 is 2.76 bits per heavy atom. The van der Waals surface area contributed by atoms with Crippen LogP contribution in [0, 0.1) is 5.41 Å². The second-order valence-corrected chi connectivity index (χ2v) is 6.20. The van der Waals surface area contributed by atoms with Gasteiger partial charge in [-0.05, 0) is 18.2 Å². The summed E-state index contributed by atoms with van der Waals surface area (Å²) < 4.78 is 16.1. The van der Waals surface area contributed by atoms with Gasteiger partial charge in [0.2, 0.25) is 5.90 Å². The number of anilines is 1. The molecule has 1 aliphatic rings. The number of halogens is 2. The van der Waals surface area contributed by atoms with Crippen molar-refractivity contribution in [2.75, 3.05) is 58.0 Å². The van der Waals surface area contributed by atoms with Crippen LogP contribution in [0.25, 0.3) is 0 Å². The summed E-state index contributed by atoms with van der Waals surface area (Å²) in [5.41, 5.74) is 0.782. The van der Waals surface area contributed by atoms with Gasteiger partial charge in [0.25, 0.3) is 0 Å². The van der Waals surface area contributed by atoms with Gasteiger partial charge in [-0.15, -0.1) is 0 Å². The molecule has 2 N–H and O–H groups in total. The third-order valence-corrected chi connectivity index (χ3v) is 4.28. The first-order chi connectivity index (χ1) is 12.1. The number of hydrogen-bond acceptors (Lipinski definition) is 6. The van der Waals surface area contributed by atoms with Gasteiger partial charge >= 0.3 is 0 Å². The number of hydrogen-bond donors (Lipinski definition) is 2. The Balaban J connectivity index is 1.52. The minimum Gasteiger partial charge on any atom is -0.476 e. The van der Waals surface area contributed by atoms with E-state index in [-0.39, 0.29) is 5.90 Å². The standard InChI is InChI=1S/C17H23Cl2N3O3/c18-15-2-1-14(13-16(15)19)21-4-3-17(20)25-12-11-24-10-7-22-5-8-23-9-6-22/h1-4,13,20-21H,5-12H2/b4-3-,20-17?. The summed E-state index contributed by atoms with van der Waals surface area (Å²) in [7, 11) is 0. The number of benzene rings is 1. The van der Waals surface area contributed by atoms with Gasteiger partial charge in [0.1, 0.15) is 6.61 Å². The number of rotatable bonds is 9. The Morgan fingerprint density at radius 1 is 1.20 bits per heavy atom. The van der Waals surface area contributed by atoms with E-state index in [1.807, 2.05) is 0 Å². The highest BCUT2D eigenvalue weighted by atomic mass is 35.5. The summed E-state index contributed by atoms with van der Waals surface area (Å²) in [6.07, 6.45) is 3.14. The van der Waals surface area contributed by atoms with Crippen molar-refractivity contribution in [1.82, 2.24) is 4.90 Å². The maximum Gasteiger partial charge on any atom is 0.207 e. The van der Waals surface area contributed by atoms with Gasteiger partial charge in [-0.25, -0.2) is 0 Å². The fraction of sp³-hybridized carbons (Fsp3) is 0.471. The quantitative estimate of drug-likeness (QED) is 0.386.